The lowest BCUT2D eigenvalue weighted by Crippen LogP contribution is -2.06. The topological polar surface area (TPSA) is 43.4 Å². The second-order valence-corrected chi connectivity index (χ2v) is 4.46. The van der Waals surface area contributed by atoms with Gasteiger partial charge in [0.1, 0.15) is 6.61 Å². The minimum absolute atomic E-state index is 0.111. The van der Waals surface area contributed by atoms with Crippen molar-refractivity contribution in [3.8, 4) is 9.85 Å². The van der Waals surface area contributed by atoms with E-state index in [9.17, 15) is 8.42 Å². The Morgan fingerprint density at radius 3 is 2.50 bits per heavy atom. The van der Waals surface area contributed by atoms with E-state index in [-0.39, 0.29) is 11.5 Å². The van der Waals surface area contributed by atoms with Crippen molar-refractivity contribution in [2.45, 2.75) is 4.90 Å². The SMILES string of the molecule is O=S(=O)(OCC#CI)c1ccccc1. The summed E-state index contributed by atoms with van der Waals surface area (Å²) in [5.74, 6) is 2.51. The highest BCUT2D eigenvalue weighted by Crippen LogP contribution is 2.10. The Hall–Kier alpha value is -0.580. The molecule has 0 aromatic heterocycles. The van der Waals surface area contributed by atoms with Gasteiger partial charge in [-0.2, -0.15) is 8.42 Å². The highest BCUT2D eigenvalue weighted by atomic mass is 127. The van der Waals surface area contributed by atoms with Gasteiger partial charge in [0.2, 0.25) is 0 Å². The summed E-state index contributed by atoms with van der Waals surface area (Å²) in [5, 5.41) is 0. The van der Waals surface area contributed by atoms with Crippen molar-refractivity contribution >= 4 is 32.7 Å². The van der Waals surface area contributed by atoms with Crippen molar-refractivity contribution in [3.05, 3.63) is 30.3 Å². The molecule has 1 rings (SSSR count). The predicted octanol–water partition coefficient (Wildman–Crippen LogP) is 1.79. The molecule has 3 nitrogen and oxygen atoms in total. The number of benzene rings is 1. The molecule has 0 aliphatic carbocycles. The van der Waals surface area contributed by atoms with E-state index in [0.717, 1.165) is 0 Å². The standard InChI is InChI=1S/C9H7IO3S/c10-7-4-8-13-14(11,12)9-5-2-1-3-6-9/h1-3,5-6H,8H2. The smallest absolute Gasteiger partial charge is 0.253 e. The van der Waals surface area contributed by atoms with E-state index in [1.54, 1.807) is 18.2 Å². The fraction of sp³-hybridized carbons (Fsp3) is 0.111. The molecule has 1 aromatic carbocycles. The largest absolute Gasteiger partial charge is 0.297 e. The van der Waals surface area contributed by atoms with E-state index in [0.29, 0.717) is 0 Å². The summed E-state index contributed by atoms with van der Waals surface area (Å²) in [7, 11) is -3.64. The Bertz CT molecular complexity index is 442. The summed E-state index contributed by atoms with van der Waals surface area (Å²) in [6.45, 7) is -0.111. The van der Waals surface area contributed by atoms with Crippen LogP contribution in [0.5, 0.6) is 0 Å². The molecule has 0 spiro atoms. The monoisotopic (exact) mass is 322 g/mol. The van der Waals surface area contributed by atoms with Gasteiger partial charge in [-0.1, -0.05) is 24.1 Å². The lowest BCUT2D eigenvalue weighted by molar-refractivity contribution is 0.363. The van der Waals surface area contributed by atoms with Crippen LogP contribution in [0.25, 0.3) is 0 Å². The first-order valence-electron chi connectivity index (χ1n) is 3.70. The Kier molecular flexibility index (Phi) is 4.38. The van der Waals surface area contributed by atoms with Crippen molar-refractivity contribution in [2.24, 2.45) is 0 Å². The fourth-order valence-electron chi connectivity index (χ4n) is 0.790. The van der Waals surface area contributed by atoms with Crippen LogP contribution in [-0.4, -0.2) is 15.0 Å². The first-order valence-corrected chi connectivity index (χ1v) is 6.18. The summed E-state index contributed by atoms with van der Waals surface area (Å²) in [6, 6.07) is 7.98. The molecule has 0 unspecified atom stereocenters. The van der Waals surface area contributed by atoms with Crippen LogP contribution in [0.4, 0.5) is 0 Å². The zero-order chi connectivity index (χ0) is 10.4. The predicted molar refractivity (Wildman–Crippen MR) is 61.4 cm³/mol. The maximum atomic E-state index is 11.4. The van der Waals surface area contributed by atoms with Crippen molar-refractivity contribution in [3.63, 3.8) is 0 Å². The van der Waals surface area contributed by atoms with E-state index in [1.165, 1.54) is 12.1 Å². The van der Waals surface area contributed by atoms with Gasteiger partial charge in [-0.3, -0.25) is 4.18 Å². The molecule has 5 heteroatoms. The van der Waals surface area contributed by atoms with Crippen LogP contribution in [-0.2, 0) is 14.3 Å². The zero-order valence-electron chi connectivity index (χ0n) is 7.10. The molecule has 0 bridgehead atoms. The Morgan fingerprint density at radius 2 is 1.93 bits per heavy atom. The van der Waals surface area contributed by atoms with E-state index in [2.05, 4.69) is 14.0 Å². The van der Waals surface area contributed by atoms with Gasteiger partial charge in [0.25, 0.3) is 10.1 Å². The van der Waals surface area contributed by atoms with E-state index in [4.69, 9.17) is 0 Å². The minimum Gasteiger partial charge on any atom is -0.253 e. The Labute approximate surface area is 96.7 Å². The van der Waals surface area contributed by atoms with Crippen molar-refractivity contribution in [2.75, 3.05) is 6.61 Å². The zero-order valence-corrected chi connectivity index (χ0v) is 10.1. The third-order valence-corrected chi connectivity index (χ3v) is 3.04. The quantitative estimate of drug-likeness (QED) is 0.484. The number of halogens is 1. The second-order valence-electron chi connectivity index (χ2n) is 2.30. The molecule has 0 aliphatic rings. The van der Waals surface area contributed by atoms with Crippen LogP contribution in [0.3, 0.4) is 0 Å². The molecule has 0 heterocycles. The molecule has 0 amide bonds. The third kappa shape index (κ3) is 3.29. The van der Waals surface area contributed by atoms with Crippen molar-refractivity contribution in [1.82, 2.24) is 0 Å². The molecule has 0 fully saturated rings. The third-order valence-electron chi connectivity index (χ3n) is 1.38. The molecule has 1 aromatic rings. The highest BCUT2D eigenvalue weighted by Gasteiger charge is 2.12. The van der Waals surface area contributed by atoms with E-state index in [1.807, 2.05) is 22.6 Å². The molecular weight excluding hydrogens is 315 g/mol. The van der Waals surface area contributed by atoms with Crippen LogP contribution >= 0.6 is 22.6 Å². The molecule has 14 heavy (non-hydrogen) atoms. The maximum Gasteiger partial charge on any atom is 0.297 e. The van der Waals surface area contributed by atoms with E-state index < -0.39 is 10.1 Å². The average Bonchev–Trinajstić information content (AvgIpc) is 2.19. The summed E-state index contributed by atoms with van der Waals surface area (Å²) < 4.78 is 30.0. The van der Waals surface area contributed by atoms with Crippen molar-refractivity contribution < 1.29 is 12.6 Å². The maximum absolute atomic E-state index is 11.4. The van der Waals surface area contributed by atoms with Gasteiger partial charge < -0.3 is 0 Å². The summed E-state index contributed by atoms with van der Waals surface area (Å²) >= 11 is 1.82. The molecule has 0 atom stereocenters. The minimum atomic E-state index is -3.64. The number of hydrogen-bond acceptors (Lipinski definition) is 3. The van der Waals surface area contributed by atoms with Crippen LogP contribution in [0.2, 0.25) is 0 Å². The van der Waals surface area contributed by atoms with Gasteiger partial charge in [0, 0.05) is 22.6 Å². The van der Waals surface area contributed by atoms with E-state index >= 15 is 0 Å². The first-order chi connectivity index (χ1) is 6.67. The molecule has 0 saturated heterocycles. The van der Waals surface area contributed by atoms with Gasteiger partial charge in [0.15, 0.2) is 0 Å². The van der Waals surface area contributed by atoms with Gasteiger partial charge in [-0.25, -0.2) is 0 Å². The van der Waals surface area contributed by atoms with Crippen LogP contribution in [0, 0.1) is 9.85 Å². The second kappa shape index (κ2) is 5.34. The number of hydrogen-bond donors (Lipinski definition) is 0. The molecule has 74 valence electrons. The molecular formula is C9H7IO3S. The lowest BCUT2D eigenvalue weighted by Gasteiger charge is -2.01. The first kappa shape index (κ1) is 11.5. The van der Waals surface area contributed by atoms with Gasteiger partial charge in [-0.15, -0.1) is 0 Å². The van der Waals surface area contributed by atoms with Crippen LogP contribution < -0.4 is 0 Å². The highest BCUT2D eigenvalue weighted by molar-refractivity contribution is 14.1. The summed E-state index contributed by atoms with van der Waals surface area (Å²) in [6.07, 6.45) is 0. The van der Waals surface area contributed by atoms with Crippen molar-refractivity contribution in [1.29, 1.82) is 0 Å². The van der Waals surface area contributed by atoms with Gasteiger partial charge in [0.05, 0.1) is 4.90 Å². The van der Waals surface area contributed by atoms with Crippen LogP contribution in [0.15, 0.2) is 35.2 Å². The molecule has 0 radical (unpaired) electrons. The summed E-state index contributed by atoms with van der Waals surface area (Å²) in [5.41, 5.74) is 0. The number of rotatable bonds is 3. The summed E-state index contributed by atoms with van der Waals surface area (Å²) in [4.78, 5) is 0.148. The normalized spacial score (nSPS) is 10.4. The van der Waals surface area contributed by atoms with Gasteiger partial charge >= 0.3 is 0 Å². The van der Waals surface area contributed by atoms with Gasteiger partial charge in [-0.05, 0) is 16.1 Å². The average molecular weight is 322 g/mol. The fourth-order valence-corrected chi connectivity index (χ4v) is 1.79. The molecule has 0 saturated carbocycles. The van der Waals surface area contributed by atoms with Crippen LogP contribution in [0.1, 0.15) is 0 Å². The Balaban J connectivity index is 2.80. The lowest BCUT2D eigenvalue weighted by atomic mass is 10.4. The Morgan fingerprint density at radius 1 is 1.29 bits per heavy atom. The molecule has 0 aliphatic heterocycles. The molecule has 0 N–H and O–H groups in total.